The van der Waals surface area contributed by atoms with Crippen molar-refractivity contribution in [1.82, 2.24) is 0 Å². The second-order valence-electron chi connectivity index (χ2n) is 22.1. The van der Waals surface area contributed by atoms with Gasteiger partial charge in [-0.3, -0.25) is 0 Å². The van der Waals surface area contributed by atoms with Crippen molar-refractivity contribution in [3.8, 4) is 0 Å². The Hall–Kier alpha value is -1.99. The van der Waals surface area contributed by atoms with Crippen molar-refractivity contribution in [3.05, 3.63) is 99.8 Å². The van der Waals surface area contributed by atoms with E-state index in [2.05, 4.69) is 92.7 Å². The average molecular weight is 1060 g/mol. The van der Waals surface area contributed by atoms with Gasteiger partial charge in [0.15, 0.2) is 0 Å². The fourth-order valence-corrected chi connectivity index (χ4v) is 11.3. The third-order valence-electron chi connectivity index (χ3n) is 15.8. The van der Waals surface area contributed by atoms with E-state index in [1.807, 2.05) is 0 Å². The van der Waals surface area contributed by atoms with Gasteiger partial charge < -0.3 is 19.4 Å². The quantitative estimate of drug-likeness (QED) is 0.0273. The van der Waals surface area contributed by atoms with Gasteiger partial charge in [-0.1, -0.05) is 241 Å². The molecule has 0 spiro atoms. The van der Waals surface area contributed by atoms with E-state index in [9.17, 15) is 5.53 Å². The van der Waals surface area contributed by atoms with E-state index in [-0.39, 0.29) is 16.5 Å². The van der Waals surface area contributed by atoms with E-state index in [0.29, 0.717) is 0 Å². The first-order valence-electron chi connectivity index (χ1n) is 32.6. The molecule has 3 rings (SSSR count). The number of rotatable bonds is 46. The number of nitrogens with zero attached hydrogens (tertiary/aromatic N) is 2. The van der Waals surface area contributed by atoms with Gasteiger partial charge in [0, 0.05) is 22.8 Å². The first kappa shape index (κ1) is 72.0. The van der Waals surface area contributed by atoms with Gasteiger partial charge in [-0.15, -0.1) is 0 Å². The number of hydrogen-bond donors (Lipinski definition) is 0. The molecule has 0 N–H and O–H groups in total. The minimum Gasteiger partial charge on any atom is -0.493 e. The summed E-state index contributed by atoms with van der Waals surface area (Å²) in [5.41, 5.74) is 27.8. The van der Waals surface area contributed by atoms with Gasteiger partial charge in [-0.2, -0.15) is 13.8 Å². The molecule has 1 aliphatic heterocycles. The van der Waals surface area contributed by atoms with Crippen molar-refractivity contribution < 1.29 is 21.2 Å². The summed E-state index contributed by atoms with van der Waals surface area (Å²) in [4.78, 5) is 0. The van der Waals surface area contributed by atoms with Gasteiger partial charge in [0.25, 0.3) is 0 Å². The number of unbranched alkanes of at least 4 members (excludes halogenated alkanes) is 30. The summed E-state index contributed by atoms with van der Waals surface area (Å²) in [5.74, 6) is 0. The van der Waals surface area contributed by atoms with Crippen LogP contribution in [0.1, 0.15) is 351 Å². The third-order valence-corrected chi connectivity index (χ3v) is 15.8. The molecule has 1 heterocycles. The maximum Gasteiger partial charge on any atom is 2.00 e. The van der Waals surface area contributed by atoms with Crippen LogP contribution in [0.4, 0.5) is 0 Å². The zero-order valence-electron chi connectivity index (χ0n) is 51.1. The van der Waals surface area contributed by atoms with E-state index < -0.39 is 0 Å². The molecule has 1 aliphatic rings. The Kier molecular flexibility index (Phi) is 49.2. The van der Waals surface area contributed by atoms with Crippen LogP contribution in [0.25, 0.3) is 16.9 Å². The van der Waals surface area contributed by atoms with Crippen molar-refractivity contribution in [2.45, 2.75) is 345 Å². The monoisotopic (exact) mass is 1060 g/mol. The second kappa shape index (κ2) is 50.5. The van der Waals surface area contributed by atoms with Crippen LogP contribution < -0.4 is 0 Å². The summed E-state index contributed by atoms with van der Waals surface area (Å²) in [6, 6.07) is 10.00. The van der Waals surface area contributed by atoms with Crippen molar-refractivity contribution in [3.63, 3.8) is 0 Å². The van der Waals surface area contributed by atoms with Gasteiger partial charge in [0.05, 0.1) is 0 Å². The number of allylic oxidation sites excluding steroid dienone is 2. The maximum absolute atomic E-state index is 12.6. The van der Waals surface area contributed by atoms with E-state index in [1.54, 1.807) is 29.7 Å². The molecular weight excluding hydrogens is 939 g/mol. The third kappa shape index (κ3) is 30.2. The van der Waals surface area contributed by atoms with E-state index in [4.69, 9.17) is 0 Å². The fourth-order valence-electron chi connectivity index (χ4n) is 11.3. The van der Waals surface area contributed by atoms with Crippen LogP contribution in [-0.2, 0) is 55.0 Å². The molecule has 0 unspecified atom stereocenters. The summed E-state index contributed by atoms with van der Waals surface area (Å²) in [6.45, 7) is 26.3. The predicted octanol–water partition coefficient (Wildman–Crippen LogP) is 24.4. The molecule has 0 aliphatic carbocycles. The van der Waals surface area contributed by atoms with Gasteiger partial charge >= 0.3 is 16.5 Å². The summed E-state index contributed by atoms with van der Waals surface area (Å²) >= 11 is 0. The Morgan fingerprint density at radius 3 is 0.838 bits per heavy atom. The van der Waals surface area contributed by atoms with Crippen LogP contribution in [0.2, 0.25) is 0 Å². The summed E-state index contributed by atoms with van der Waals surface area (Å²) in [6.07, 6.45) is 60.6. The van der Waals surface area contributed by atoms with Crippen molar-refractivity contribution >= 4 is 11.4 Å². The molecule has 0 saturated carbocycles. The first-order valence-corrected chi connectivity index (χ1v) is 32.6. The number of benzene rings is 2. The van der Waals surface area contributed by atoms with E-state index in [1.165, 1.54) is 289 Å². The molecule has 2 nitrogen and oxygen atoms in total. The standard InChI is InChI=1S/C67H114N2.2C2H5.Ni/c1-8-15-22-23-24-25-26-27-28-29-30-31-32-33-34-35-36-37-38-39-40-41-42-43-44-49-61-56-66(62-52-57(45-16-9-2)64(50-20-13-6)58(53-62)46-17-10-3)69(68)67(61)63-54-59(47-18-11-4)65(51-21-14-7)60(55-63)48-19-12-5;2*1-2;/h52-56H,8-51H2,1-7H3;2*1H2,2H3;/q;2*-1;+2. The summed E-state index contributed by atoms with van der Waals surface area (Å²) in [7, 11) is 0. The summed E-state index contributed by atoms with van der Waals surface area (Å²) in [5, 5.41) is 0. The van der Waals surface area contributed by atoms with Crippen molar-refractivity contribution in [2.24, 2.45) is 0 Å². The molecule has 0 atom stereocenters. The zero-order valence-corrected chi connectivity index (χ0v) is 52.1. The molecule has 2 aromatic rings. The molecule has 0 saturated heterocycles. The van der Waals surface area contributed by atoms with Crippen LogP contribution in [0.3, 0.4) is 0 Å². The molecule has 0 fully saturated rings. The maximum atomic E-state index is 12.6. The Balaban J connectivity index is 0.0000104. The smallest absolute Gasteiger partial charge is 0.493 e. The minimum atomic E-state index is 0. The second-order valence-corrected chi connectivity index (χ2v) is 22.1. The number of hydrogen-bond acceptors (Lipinski definition) is 0. The Bertz CT molecular complexity index is 1640. The normalized spacial score (nSPS) is 12.1. The molecule has 428 valence electrons. The SMILES string of the molecule is CCCCCCCCCCCCCCCCCCCCCCCCCCCC1=C(c2cc(CCCC)c(CCCC)c(CCCC)c2)[N+](=[N-])C(c2cc(CCCC)c(CCCC)c(CCCC)c2)=C1.[CH2-]C.[CH2-]C.[Ni+2]. The Morgan fingerprint density at radius 1 is 0.311 bits per heavy atom. The first-order chi connectivity index (χ1) is 36.0. The Morgan fingerprint density at radius 2 is 0.554 bits per heavy atom. The Labute approximate surface area is 474 Å². The van der Waals surface area contributed by atoms with Crippen LogP contribution in [0, 0.1) is 13.8 Å². The van der Waals surface area contributed by atoms with Crippen LogP contribution in [-0.4, -0.2) is 4.70 Å². The molecule has 0 radical (unpaired) electrons. The molecule has 0 bridgehead atoms. The largest absolute Gasteiger partial charge is 2.00 e. The fraction of sp³-hybridized carbons (Fsp3) is 0.746. The van der Waals surface area contributed by atoms with E-state index >= 15 is 0 Å². The number of aryl methyl sites for hydroxylation is 4. The zero-order chi connectivity index (χ0) is 53.6. The molecule has 0 aromatic heterocycles. The van der Waals surface area contributed by atoms with Crippen LogP contribution in [0.15, 0.2) is 35.9 Å². The van der Waals surface area contributed by atoms with Crippen LogP contribution >= 0.6 is 0 Å². The topological polar surface area (TPSA) is 25.3 Å². The van der Waals surface area contributed by atoms with Gasteiger partial charge in [-0.05, 0) is 148 Å². The molecule has 2 aromatic carbocycles. The molecular formula is C71H124N2Ni. The van der Waals surface area contributed by atoms with Gasteiger partial charge in [0.2, 0.25) is 11.4 Å². The molecule has 3 heteroatoms. The van der Waals surface area contributed by atoms with Gasteiger partial charge in [0.1, 0.15) is 0 Å². The van der Waals surface area contributed by atoms with Crippen molar-refractivity contribution in [2.75, 3.05) is 0 Å². The van der Waals surface area contributed by atoms with Crippen molar-refractivity contribution in [1.29, 1.82) is 0 Å². The van der Waals surface area contributed by atoms with Gasteiger partial charge in [-0.25, -0.2) is 4.70 Å². The predicted molar refractivity (Wildman–Crippen MR) is 331 cm³/mol. The molecule has 74 heavy (non-hydrogen) atoms. The summed E-state index contributed by atoms with van der Waals surface area (Å²) < 4.78 is 1.65. The average Bonchev–Trinajstić information content (AvgIpc) is 3.75. The van der Waals surface area contributed by atoms with Crippen LogP contribution in [0.5, 0.6) is 0 Å². The minimum absolute atomic E-state index is 0. The van der Waals surface area contributed by atoms with E-state index in [0.717, 1.165) is 43.5 Å². The molecule has 0 amide bonds.